The van der Waals surface area contributed by atoms with Crippen molar-refractivity contribution in [1.82, 2.24) is 29.1 Å². The molecule has 1 N–H and O–H groups in total. The highest BCUT2D eigenvalue weighted by atomic mass is 79.9. The molecule has 1 aliphatic carbocycles. The first-order chi connectivity index (χ1) is 25.6. The van der Waals surface area contributed by atoms with E-state index in [-0.39, 0.29) is 48.0 Å². The Morgan fingerprint density at radius 1 is 1.19 bits per heavy atom. The first-order valence-corrected chi connectivity index (χ1v) is 20.5. The maximum absolute atomic E-state index is 14.1. The van der Waals surface area contributed by atoms with Crippen molar-refractivity contribution in [3.8, 4) is 29.0 Å². The van der Waals surface area contributed by atoms with Crippen LogP contribution in [0.25, 0.3) is 32.2 Å². The summed E-state index contributed by atoms with van der Waals surface area (Å²) in [4.78, 5) is 44.3. The molecule has 7 rings (SSSR count). The molecule has 0 radical (unpaired) electrons. The van der Waals surface area contributed by atoms with Crippen LogP contribution in [0.15, 0.2) is 51.3 Å². The fraction of sp³-hybridized carbons (Fsp3) is 0.351. The molecule has 1 aromatic carbocycles. The van der Waals surface area contributed by atoms with E-state index < -0.39 is 27.4 Å². The lowest BCUT2D eigenvalue weighted by Gasteiger charge is -2.46. The Kier molecular flexibility index (Phi) is 10.0. The molecule has 1 amide bonds. The van der Waals surface area contributed by atoms with Gasteiger partial charge in [-0.1, -0.05) is 27.8 Å². The minimum Gasteiger partial charge on any atom is -0.355 e. The summed E-state index contributed by atoms with van der Waals surface area (Å²) in [6, 6.07) is 9.43. The molecule has 17 heteroatoms. The average Bonchev–Trinajstić information content (AvgIpc) is 3.56. The summed E-state index contributed by atoms with van der Waals surface area (Å²) in [6.45, 7) is 3.00. The van der Waals surface area contributed by atoms with Gasteiger partial charge < -0.3 is 4.90 Å². The maximum atomic E-state index is 14.1. The number of pyridine rings is 2. The topological polar surface area (TPSA) is 154 Å². The number of anilines is 1. The van der Waals surface area contributed by atoms with E-state index in [4.69, 9.17) is 0 Å². The fourth-order valence-electron chi connectivity index (χ4n) is 7.16. The monoisotopic (exact) mass is 834 g/mol. The van der Waals surface area contributed by atoms with Crippen LogP contribution >= 0.6 is 27.3 Å². The molecule has 4 aromatic heterocycles. The number of nitrogens with one attached hydrogen (secondary N) is 1. The Labute approximate surface area is 322 Å². The maximum Gasteiger partial charge on any atom is 0.267 e. The van der Waals surface area contributed by atoms with E-state index in [0.29, 0.717) is 58.9 Å². The number of piperidine rings is 1. The molecule has 0 spiro atoms. The van der Waals surface area contributed by atoms with Gasteiger partial charge in [-0.05, 0) is 49.6 Å². The molecule has 54 heavy (non-hydrogen) atoms. The SMILES string of the molecule is Cc1nc2cnc(N(C)C3CCN(C4CC(F)(F)C4)CC3)c(C#N)c2c(=O)n1CC#Cc1ccc(Br)cc1-c1ccnc2c(C(=O)NS(C)(=O)=O)csc12. The lowest BCUT2D eigenvalue weighted by Crippen LogP contribution is -2.55. The molecule has 1 aliphatic heterocycles. The predicted molar refractivity (Wildman–Crippen MR) is 206 cm³/mol. The Morgan fingerprint density at radius 2 is 1.93 bits per heavy atom. The normalized spacial score (nSPS) is 16.4. The smallest absolute Gasteiger partial charge is 0.267 e. The zero-order chi connectivity index (χ0) is 38.5. The Balaban J connectivity index is 1.17. The second-order valence-corrected chi connectivity index (χ2v) is 17.1. The zero-order valence-corrected chi connectivity index (χ0v) is 32.6. The number of likely N-dealkylation sites (tertiary alicyclic amines) is 1. The number of thiophene rings is 1. The van der Waals surface area contributed by atoms with Gasteiger partial charge in [0, 0.05) is 72.2 Å². The number of aromatic nitrogens is 4. The van der Waals surface area contributed by atoms with E-state index >= 15 is 0 Å². The van der Waals surface area contributed by atoms with Crippen molar-refractivity contribution in [3.05, 3.63) is 79.4 Å². The quantitative estimate of drug-likeness (QED) is 0.210. The Hall–Kier alpha value is -4.81. The number of aryl methyl sites for hydroxylation is 1. The first kappa shape index (κ1) is 37.5. The van der Waals surface area contributed by atoms with E-state index in [1.54, 1.807) is 24.6 Å². The molecule has 0 bridgehead atoms. The Morgan fingerprint density at radius 3 is 2.61 bits per heavy atom. The van der Waals surface area contributed by atoms with E-state index in [1.165, 1.54) is 22.1 Å². The van der Waals surface area contributed by atoms with Gasteiger partial charge in [0.25, 0.3) is 17.4 Å². The van der Waals surface area contributed by atoms with E-state index in [1.807, 2.05) is 34.9 Å². The lowest BCUT2D eigenvalue weighted by molar-refractivity contribution is -0.127. The summed E-state index contributed by atoms with van der Waals surface area (Å²) in [5.74, 6) is 3.69. The van der Waals surface area contributed by atoms with Gasteiger partial charge in [0.2, 0.25) is 10.0 Å². The number of hydrogen-bond acceptors (Lipinski definition) is 11. The molecule has 12 nitrogen and oxygen atoms in total. The summed E-state index contributed by atoms with van der Waals surface area (Å²) in [5.41, 5.74) is 2.56. The summed E-state index contributed by atoms with van der Waals surface area (Å²) < 4.78 is 55.2. The van der Waals surface area contributed by atoms with Crippen LogP contribution in [0.5, 0.6) is 0 Å². The first-order valence-electron chi connectivity index (χ1n) is 17.0. The molecular formula is C37H33BrF2N8O4S2. The number of amides is 1. The van der Waals surface area contributed by atoms with Gasteiger partial charge in [0.05, 0.1) is 45.7 Å². The van der Waals surface area contributed by atoms with Crippen molar-refractivity contribution in [2.24, 2.45) is 0 Å². The van der Waals surface area contributed by atoms with Crippen molar-refractivity contribution in [1.29, 1.82) is 5.26 Å². The van der Waals surface area contributed by atoms with E-state index in [9.17, 15) is 32.0 Å². The van der Waals surface area contributed by atoms with Crippen molar-refractivity contribution >= 4 is 70.1 Å². The summed E-state index contributed by atoms with van der Waals surface area (Å²) in [6.07, 6.45) is 5.17. The minimum absolute atomic E-state index is 0.0116. The lowest BCUT2D eigenvalue weighted by atomic mass is 9.85. The van der Waals surface area contributed by atoms with Crippen molar-refractivity contribution in [3.63, 3.8) is 0 Å². The van der Waals surface area contributed by atoms with Crippen LogP contribution in [-0.2, 0) is 16.6 Å². The third-order valence-corrected chi connectivity index (χ3v) is 12.0. The molecule has 0 atom stereocenters. The fourth-order valence-corrected chi connectivity index (χ4v) is 9.00. The highest BCUT2D eigenvalue weighted by molar-refractivity contribution is 9.10. The number of carbonyl (C=O) groups is 1. The van der Waals surface area contributed by atoms with Crippen LogP contribution in [-0.4, -0.2) is 83.1 Å². The molecule has 1 saturated heterocycles. The molecule has 0 unspecified atom stereocenters. The van der Waals surface area contributed by atoms with Gasteiger partial charge in [-0.3, -0.25) is 24.0 Å². The third kappa shape index (κ3) is 7.33. The number of carbonyl (C=O) groups excluding carboxylic acids is 1. The number of alkyl halides is 2. The standard InChI is InChI=1S/C37H33BrF2N8O4S2/c1-21-44-30-19-43-34(46(2)24-9-13-47(14-10-24)25-16-37(39,40)17-25)28(18-41)31(30)36(50)48(21)12-4-5-22-6-7-23(38)15-27(22)26-8-11-42-32-29(20-53-33(26)32)35(49)45-54(3,51)52/h6-8,11,15,19-20,24-25H,9-10,12-14,16-17H2,1-3H3,(H,45,49). The summed E-state index contributed by atoms with van der Waals surface area (Å²) >= 11 is 4.78. The van der Waals surface area contributed by atoms with E-state index in [2.05, 4.69) is 53.7 Å². The molecular weight excluding hydrogens is 802 g/mol. The van der Waals surface area contributed by atoms with Gasteiger partial charge >= 0.3 is 0 Å². The predicted octanol–water partition coefficient (Wildman–Crippen LogP) is 5.45. The van der Waals surface area contributed by atoms with Crippen LogP contribution < -0.4 is 15.2 Å². The van der Waals surface area contributed by atoms with Gasteiger partial charge in [-0.25, -0.2) is 31.9 Å². The number of fused-ring (bicyclic) bond motifs is 2. The number of sulfonamides is 1. The average molecular weight is 836 g/mol. The molecule has 1 saturated carbocycles. The number of hydrogen-bond donors (Lipinski definition) is 1. The zero-order valence-electron chi connectivity index (χ0n) is 29.4. The van der Waals surface area contributed by atoms with Crippen LogP contribution in [0.3, 0.4) is 0 Å². The minimum atomic E-state index is -3.78. The molecule has 5 aromatic rings. The van der Waals surface area contributed by atoms with Gasteiger partial charge in [0.1, 0.15) is 23.3 Å². The molecule has 2 fully saturated rings. The van der Waals surface area contributed by atoms with Crippen LogP contribution in [0.4, 0.5) is 14.6 Å². The van der Waals surface area contributed by atoms with Gasteiger partial charge in [0.15, 0.2) is 0 Å². The number of nitrogens with zero attached hydrogens (tertiary/aromatic N) is 7. The van der Waals surface area contributed by atoms with Crippen LogP contribution in [0, 0.1) is 30.1 Å². The summed E-state index contributed by atoms with van der Waals surface area (Å²) in [5, 5.41) is 12.0. The summed E-state index contributed by atoms with van der Waals surface area (Å²) in [7, 11) is -1.94. The third-order valence-electron chi connectivity index (χ3n) is 9.96. The molecule has 5 heterocycles. The Bertz CT molecular complexity index is 2610. The number of halogens is 3. The van der Waals surface area contributed by atoms with Crippen molar-refractivity contribution in [2.45, 2.75) is 57.2 Å². The highest BCUT2D eigenvalue weighted by Crippen LogP contribution is 2.42. The van der Waals surface area contributed by atoms with Crippen molar-refractivity contribution < 1.29 is 22.0 Å². The number of benzene rings is 1. The molecule has 2 aliphatic rings. The van der Waals surface area contributed by atoms with E-state index in [0.717, 1.165) is 21.9 Å². The largest absolute Gasteiger partial charge is 0.355 e. The highest BCUT2D eigenvalue weighted by Gasteiger charge is 2.48. The van der Waals surface area contributed by atoms with Gasteiger partial charge in [-0.2, -0.15) is 5.26 Å². The second-order valence-electron chi connectivity index (χ2n) is 13.6. The second kappa shape index (κ2) is 14.4. The molecule has 278 valence electrons. The number of rotatable bonds is 7. The van der Waals surface area contributed by atoms with Crippen LogP contribution in [0.1, 0.15) is 53.0 Å². The van der Waals surface area contributed by atoms with Gasteiger partial charge in [-0.15, -0.1) is 11.3 Å². The van der Waals surface area contributed by atoms with Crippen LogP contribution in [0.2, 0.25) is 0 Å². The van der Waals surface area contributed by atoms with Crippen molar-refractivity contribution in [2.75, 3.05) is 31.3 Å². The number of nitriles is 1.